The van der Waals surface area contributed by atoms with E-state index >= 15 is 0 Å². The Morgan fingerprint density at radius 3 is 2.58 bits per heavy atom. The Labute approximate surface area is 193 Å². The lowest BCUT2D eigenvalue weighted by atomic mass is 10.0. The van der Waals surface area contributed by atoms with Crippen LogP contribution in [0.15, 0.2) is 30.4 Å². The van der Waals surface area contributed by atoms with Crippen LogP contribution in [0.5, 0.6) is 5.75 Å². The summed E-state index contributed by atoms with van der Waals surface area (Å²) in [4.78, 5) is 27.0. The first-order valence-corrected chi connectivity index (χ1v) is 11.2. The molecular weight excluding hydrogens is 428 g/mol. The van der Waals surface area contributed by atoms with Crippen LogP contribution in [0.3, 0.4) is 0 Å². The number of carbonyl (C=O) groups excluding carboxylic acids is 2. The van der Waals surface area contributed by atoms with Gasteiger partial charge >= 0.3 is 5.97 Å². The first-order chi connectivity index (χ1) is 15.8. The summed E-state index contributed by atoms with van der Waals surface area (Å²) in [7, 11) is 0. The second kappa shape index (κ2) is 11.9. The van der Waals surface area contributed by atoms with E-state index in [4.69, 9.17) is 9.47 Å². The predicted molar refractivity (Wildman–Crippen MR) is 123 cm³/mol. The molecule has 2 heterocycles. The van der Waals surface area contributed by atoms with E-state index in [1.807, 2.05) is 0 Å². The van der Waals surface area contributed by atoms with E-state index in [0.717, 1.165) is 19.6 Å². The van der Waals surface area contributed by atoms with Gasteiger partial charge in [-0.2, -0.15) is 0 Å². The van der Waals surface area contributed by atoms with Crippen LogP contribution in [0.25, 0.3) is 6.08 Å². The Morgan fingerprint density at radius 2 is 1.82 bits per heavy atom. The smallest absolute Gasteiger partial charge is 0.342 e. The van der Waals surface area contributed by atoms with Gasteiger partial charge in [-0.25, -0.2) is 4.79 Å². The van der Waals surface area contributed by atoms with Crippen LogP contribution in [-0.4, -0.2) is 89.7 Å². The lowest BCUT2D eigenvalue weighted by Crippen LogP contribution is -2.39. The molecule has 3 atom stereocenters. The number of anilines is 1. The summed E-state index contributed by atoms with van der Waals surface area (Å²) >= 11 is 0. The Morgan fingerprint density at radius 1 is 1.09 bits per heavy atom. The molecule has 4 N–H and O–H groups in total. The van der Waals surface area contributed by atoms with Crippen molar-refractivity contribution < 1.29 is 34.4 Å². The fourth-order valence-electron chi connectivity index (χ4n) is 3.70. The second-order valence-corrected chi connectivity index (χ2v) is 8.25. The monoisotopic (exact) mass is 460 g/mol. The van der Waals surface area contributed by atoms with E-state index in [9.17, 15) is 24.9 Å². The zero-order chi connectivity index (χ0) is 23.8. The third-order valence-corrected chi connectivity index (χ3v) is 5.60. The van der Waals surface area contributed by atoms with E-state index in [1.54, 1.807) is 25.1 Å². The number of aromatic hydroxyl groups is 1. The van der Waals surface area contributed by atoms with Gasteiger partial charge < -0.3 is 30.1 Å². The Hall–Kier alpha value is -2.72. The van der Waals surface area contributed by atoms with Gasteiger partial charge in [-0.1, -0.05) is 18.2 Å². The van der Waals surface area contributed by atoms with E-state index in [0.29, 0.717) is 31.0 Å². The average molecular weight is 461 g/mol. The van der Waals surface area contributed by atoms with Gasteiger partial charge in [0, 0.05) is 44.4 Å². The van der Waals surface area contributed by atoms with Gasteiger partial charge in [0.2, 0.25) is 0 Å². The normalized spacial score (nSPS) is 27.2. The number of hydrogen-bond acceptors (Lipinski definition) is 9. The lowest BCUT2D eigenvalue weighted by molar-refractivity contribution is -0.127. The number of ether oxygens (including phenoxy) is 2. The largest absolute Gasteiger partial charge is 0.507 e. The van der Waals surface area contributed by atoms with E-state index in [1.165, 1.54) is 18.2 Å². The zero-order valence-corrected chi connectivity index (χ0v) is 18.8. The first-order valence-electron chi connectivity index (χ1n) is 11.2. The highest BCUT2D eigenvalue weighted by atomic mass is 16.5. The van der Waals surface area contributed by atoms with E-state index < -0.39 is 30.1 Å². The van der Waals surface area contributed by atoms with E-state index in [2.05, 4.69) is 10.2 Å². The van der Waals surface area contributed by atoms with Crippen molar-refractivity contribution in [1.29, 1.82) is 0 Å². The molecule has 9 heteroatoms. The number of cyclic esters (lactones) is 1. The number of fused-ring (bicyclic) bond motifs is 1. The van der Waals surface area contributed by atoms with Crippen molar-refractivity contribution in [3.8, 4) is 5.75 Å². The molecule has 9 nitrogen and oxygen atoms in total. The van der Waals surface area contributed by atoms with Crippen LogP contribution in [0.2, 0.25) is 0 Å². The van der Waals surface area contributed by atoms with Crippen molar-refractivity contribution >= 4 is 23.5 Å². The highest BCUT2D eigenvalue weighted by Gasteiger charge is 2.23. The van der Waals surface area contributed by atoms with Gasteiger partial charge in [-0.15, -0.1) is 0 Å². The second-order valence-electron chi connectivity index (χ2n) is 8.25. The van der Waals surface area contributed by atoms with Crippen LogP contribution in [0, 0.1) is 0 Å². The number of phenols is 1. The molecule has 1 saturated heterocycles. The Balaban J connectivity index is 1.81. The molecule has 1 aromatic carbocycles. The molecule has 0 saturated carbocycles. The summed E-state index contributed by atoms with van der Waals surface area (Å²) in [6, 6.07) is 3.20. The number of morpholine rings is 1. The molecule has 1 fully saturated rings. The summed E-state index contributed by atoms with van der Waals surface area (Å²) in [5.74, 6) is -1.52. The maximum atomic E-state index is 12.8. The molecule has 3 unspecified atom stereocenters. The van der Waals surface area contributed by atoms with Gasteiger partial charge in [0.05, 0.1) is 19.3 Å². The molecule has 2 aliphatic rings. The van der Waals surface area contributed by atoms with Crippen LogP contribution in [0.1, 0.15) is 35.7 Å². The quantitative estimate of drug-likeness (QED) is 0.492. The third kappa shape index (κ3) is 7.13. The van der Waals surface area contributed by atoms with Crippen LogP contribution in [0.4, 0.5) is 5.69 Å². The SMILES string of the molecule is CC1C/C=C\C(=O)C(O)C(O)C/C=C/c2cc(NCCN3CCOCC3)cc(O)c2C(=O)O1. The van der Waals surface area contributed by atoms with Crippen molar-refractivity contribution in [3.05, 3.63) is 41.5 Å². The number of esters is 1. The number of aliphatic hydroxyl groups excluding tert-OH is 2. The maximum absolute atomic E-state index is 12.8. The standard InChI is InChI=1S/C24H32N2O7/c1-16-4-2-6-19(27)23(30)20(28)7-3-5-17-14-18(15-21(29)22(17)24(31)33-16)25-8-9-26-10-12-32-13-11-26/h2-3,5-6,14-16,20,23,25,28-30H,4,7-13H2,1H3/b5-3+,6-2-. The third-order valence-electron chi connectivity index (χ3n) is 5.60. The van der Waals surface area contributed by atoms with Crippen molar-refractivity contribution in [2.24, 2.45) is 0 Å². The van der Waals surface area contributed by atoms with Crippen molar-refractivity contribution in [3.63, 3.8) is 0 Å². The number of phenolic OH excluding ortho intramolecular Hbond substituents is 1. The molecule has 180 valence electrons. The highest BCUT2D eigenvalue weighted by Crippen LogP contribution is 2.29. The van der Waals surface area contributed by atoms with Crippen molar-refractivity contribution in [1.82, 2.24) is 4.90 Å². The van der Waals surface area contributed by atoms with Gasteiger partial charge in [0.25, 0.3) is 0 Å². The highest BCUT2D eigenvalue weighted by molar-refractivity contribution is 5.97. The molecule has 3 rings (SSSR count). The molecule has 0 radical (unpaired) electrons. The topological polar surface area (TPSA) is 129 Å². The molecule has 0 aromatic heterocycles. The minimum atomic E-state index is -1.55. The summed E-state index contributed by atoms with van der Waals surface area (Å²) in [5, 5.41) is 34.0. The fraction of sp³-hybridized carbons (Fsp3) is 0.500. The Kier molecular flexibility index (Phi) is 9.02. The Bertz CT molecular complexity index is 893. The van der Waals surface area contributed by atoms with Gasteiger partial charge in [-0.05, 0) is 31.1 Å². The average Bonchev–Trinajstić information content (AvgIpc) is 2.78. The molecule has 2 aliphatic heterocycles. The number of benzene rings is 1. The van der Waals surface area contributed by atoms with Gasteiger partial charge in [0.1, 0.15) is 23.5 Å². The number of nitrogens with zero attached hydrogens (tertiary/aromatic N) is 1. The molecular formula is C24H32N2O7. The molecule has 1 aromatic rings. The number of rotatable bonds is 4. The number of hydrogen-bond donors (Lipinski definition) is 4. The van der Waals surface area contributed by atoms with E-state index in [-0.39, 0.29) is 24.2 Å². The van der Waals surface area contributed by atoms with Gasteiger partial charge in [0.15, 0.2) is 5.78 Å². The molecule has 0 amide bonds. The lowest BCUT2D eigenvalue weighted by Gasteiger charge is -2.26. The molecule has 33 heavy (non-hydrogen) atoms. The summed E-state index contributed by atoms with van der Waals surface area (Å²) in [6.07, 6.45) is 2.60. The van der Waals surface area contributed by atoms with Crippen LogP contribution >= 0.6 is 0 Å². The zero-order valence-electron chi connectivity index (χ0n) is 18.8. The van der Waals surface area contributed by atoms with Crippen LogP contribution < -0.4 is 5.32 Å². The van der Waals surface area contributed by atoms with Gasteiger partial charge in [-0.3, -0.25) is 9.69 Å². The summed E-state index contributed by atoms with van der Waals surface area (Å²) < 4.78 is 10.8. The number of ketones is 1. The minimum Gasteiger partial charge on any atom is -0.507 e. The number of aliphatic hydroxyl groups is 2. The minimum absolute atomic E-state index is 0.0128. The fourth-order valence-corrected chi connectivity index (χ4v) is 3.70. The predicted octanol–water partition coefficient (Wildman–Crippen LogP) is 1.34. The summed E-state index contributed by atoms with van der Waals surface area (Å²) in [6.45, 7) is 6.29. The number of nitrogens with one attached hydrogen (secondary N) is 1. The molecule has 0 bridgehead atoms. The number of carbonyl (C=O) groups is 2. The molecule has 0 aliphatic carbocycles. The van der Waals surface area contributed by atoms with Crippen LogP contribution in [-0.2, 0) is 14.3 Å². The van der Waals surface area contributed by atoms with Crippen molar-refractivity contribution in [2.75, 3.05) is 44.7 Å². The maximum Gasteiger partial charge on any atom is 0.342 e. The van der Waals surface area contributed by atoms with Crippen molar-refractivity contribution in [2.45, 2.75) is 38.1 Å². The molecule has 0 spiro atoms. The first kappa shape index (κ1) is 24.9. The summed E-state index contributed by atoms with van der Waals surface area (Å²) in [5.41, 5.74) is 1.05.